The van der Waals surface area contributed by atoms with Gasteiger partial charge in [0.2, 0.25) is 0 Å². The van der Waals surface area contributed by atoms with Crippen LogP contribution in [-0.4, -0.2) is 12.4 Å². The average Bonchev–Trinajstić information content (AvgIpc) is 2.12. The molecular formula is C10H13Cl2N. The van der Waals surface area contributed by atoms with Gasteiger partial charge in [-0.3, -0.25) is 0 Å². The minimum atomic E-state index is 0.687. The van der Waals surface area contributed by atoms with E-state index in [-0.39, 0.29) is 0 Å². The molecule has 1 aromatic rings. The maximum absolute atomic E-state index is 5.96. The highest BCUT2D eigenvalue weighted by Gasteiger charge is 1.96. The predicted octanol–water partition coefficient (Wildman–Crippen LogP) is 3.69. The Morgan fingerprint density at radius 3 is 2.77 bits per heavy atom. The molecule has 0 heterocycles. The number of nitrogens with one attached hydrogen (secondary N) is 1. The lowest BCUT2D eigenvalue weighted by molar-refractivity contribution is 0.987. The predicted molar refractivity (Wildman–Crippen MR) is 60.0 cm³/mol. The molecule has 0 aliphatic carbocycles. The number of halogens is 2. The quantitative estimate of drug-likeness (QED) is 0.600. The third-order valence-corrected chi connectivity index (χ3v) is 2.49. The summed E-state index contributed by atoms with van der Waals surface area (Å²) in [7, 11) is 0. The molecule has 1 rings (SSSR count). The fourth-order valence-corrected chi connectivity index (χ4v) is 1.32. The summed E-state index contributed by atoms with van der Waals surface area (Å²) in [6.45, 7) is 2.88. The Bertz CT molecular complexity index is 274. The van der Waals surface area contributed by atoms with Crippen LogP contribution in [0.3, 0.4) is 0 Å². The molecule has 1 N–H and O–H groups in total. The Hall–Kier alpha value is -0.400. The Morgan fingerprint density at radius 1 is 1.38 bits per heavy atom. The number of alkyl halides is 1. The van der Waals surface area contributed by atoms with Crippen LogP contribution in [0, 0.1) is 6.92 Å². The molecule has 0 atom stereocenters. The van der Waals surface area contributed by atoms with E-state index >= 15 is 0 Å². The van der Waals surface area contributed by atoms with E-state index in [2.05, 4.69) is 5.32 Å². The first-order chi connectivity index (χ1) is 6.24. The molecule has 0 unspecified atom stereocenters. The van der Waals surface area contributed by atoms with Crippen molar-refractivity contribution in [2.75, 3.05) is 17.7 Å². The van der Waals surface area contributed by atoms with Crippen LogP contribution < -0.4 is 5.32 Å². The largest absolute Gasteiger partial charge is 0.385 e. The molecule has 0 aromatic heterocycles. The van der Waals surface area contributed by atoms with Gasteiger partial charge in [-0.15, -0.1) is 11.6 Å². The van der Waals surface area contributed by atoms with Crippen molar-refractivity contribution in [1.82, 2.24) is 0 Å². The first-order valence-corrected chi connectivity index (χ1v) is 5.21. The van der Waals surface area contributed by atoms with E-state index in [9.17, 15) is 0 Å². The molecule has 0 spiro atoms. The van der Waals surface area contributed by atoms with Gasteiger partial charge in [0, 0.05) is 23.1 Å². The second-order valence-electron chi connectivity index (χ2n) is 2.93. The fourth-order valence-electron chi connectivity index (χ4n) is 1.00. The summed E-state index contributed by atoms with van der Waals surface area (Å²) >= 11 is 11.5. The standard InChI is InChI=1S/C10H13Cl2N/c1-8-3-4-9(7-10(8)12)13-6-2-5-11/h3-4,7,13H,2,5-6H2,1H3. The molecule has 0 aliphatic rings. The number of aryl methyl sites for hydroxylation is 1. The smallest absolute Gasteiger partial charge is 0.0455 e. The van der Waals surface area contributed by atoms with E-state index in [0.717, 1.165) is 29.2 Å². The third kappa shape index (κ3) is 3.45. The van der Waals surface area contributed by atoms with Gasteiger partial charge in [0.15, 0.2) is 0 Å². The normalized spacial score (nSPS) is 10.1. The van der Waals surface area contributed by atoms with Crippen molar-refractivity contribution in [2.24, 2.45) is 0 Å². The monoisotopic (exact) mass is 217 g/mol. The summed E-state index contributed by atoms with van der Waals surface area (Å²) in [5.41, 5.74) is 2.16. The lowest BCUT2D eigenvalue weighted by Gasteiger charge is -2.06. The van der Waals surface area contributed by atoms with E-state index < -0.39 is 0 Å². The molecule has 3 heteroatoms. The Kier molecular flexibility index (Phi) is 4.40. The number of hydrogen-bond acceptors (Lipinski definition) is 1. The van der Waals surface area contributed by atoms with E-state index in [0.29, 0.717) is 5.88 Å². The molecule has 0 amide bonds. The van der Waals surface area contributed by atoms with Gasteiger partial charge in [-0.1, -0.05) is 17.7 Å². The minimum Gasteiger partial charge on any atom is -0.385 e. The number of anilines is 1. The van der Waals surface area contributed by atoms with Gasteiger partial charge in [0.1, 0.15) is 0 Å². The van der Waals surface area contributed by atoms with E-state index in [1.807, 2.05) is 25.1 Å². The highest BCUT2D eigenvalue weighted by molar-refractivity contribution is 6.31. The Balaban J connectivity index is 2.53. The van der Waals surface area contributed by atoms with Crippen molar-refractivity contribution in [2.45, 2.75) is 13.3 Å². The zero-order chi connectivity index (χ0) is 9.68. The van der Waals surface area contributed by atoms with E-state index in [4.69, 9.17) is 23.2 Å². The van der Waals surface area contributed by atoms with E-state index in [1.54, 1.807) is 0 Å². The summed E-state index contributed by atoms with van der Waals surface area (Å²) < 4.78 is 0. The molecule has 13 heavy (non-hydrogen) atoms. The van der Waals surface area contributed by atoms with Crippen LogP contribution in [0.2, 0.25) is 5.02 Å². The van der Waals surface area contributed by atoms with E-state index in [1.165, 1.54) is 0 Å². The molecule has 0 fully saturated rings. The zero-order valence-corrected chi connectivity index (χ0v) is 9.12. The molecule has 0 saturated heterocycles. The van der Waals surface area contributed by atoms with Crippen LogP contribution in [0.4, 0.5) is 5.69 Å². The van der Waals surface area contributed by atoms with Crippen LogP contribution in [0.1, 0.15) is 12.0 Å². The number of benzene rings is 1. The van der Waals surface area contributed by atoms with Crippen molar-refractivity contribution >= 4 is 28.9 Å². The van der Waals surface area contributed by atoms with Gasteiger partial charge < -0.3 is 5.32 Å². The molecule has 1 nitrogen and oxygen atoms in total. The topological polar surface area (TPSA) is 12.0 Å². The van der Waals surface area contributed by atoms with Crippen molar-refractivity contribution < 1.29 is 0 Å². The second kappa shape index (κ2) is 5.36. The van der Waals surface area contributed by atoms with Crippen LogP contribution in [0.15, 0.2) is 18.2 Å². The molecule has 72 valence electrons. The van der Waals surface area contributed by atoms with Gasteiger partial charge in [0.05, 0.1) is 0 Å². The molecule has 0 bridgehead atoms. The second-order valence-corrected chi connectivity index (χ2v) is 3.72. The number of rotatable bonds is 4. The van der Waals surface area contributed by atoms with Crippen LogP contribution in [0.5, 0.6) is 0 Å². The summed E-state index contributed by atoms with van der Waals surface area (Å²) in [5, 5.41) is 4.05. The average molecular weight is 218 g/mol. The first kappa shape index (κ1) is 10.7. The van der Waals surface area contributed by atoms with Gasteiger partial charge in [-0.25, -0.2) is 0 Å². The molecule has 0 saturated carbocycles. The molecule has 0 radical (unpaired) electrons. The van der Waals surface area contributed by atoms with Crippen LogP contribution in [-0.2, 0) is 0 Å². The van der Waals surface area contributed by atoms with Crippen molar-refractivity contribution in [3.8, 4) is 0 Å². The summed E-state index contributed by atoms with van der Waals surface area (Å²) in [5.74, 6) is 0.687. The van der Waals surface area contributed by atoms with Gasteiger partial charge in [-0.05, 0) is 31.0 Å². The van der Waals surface area contributed by atoms with Gasteiger partial charge in [-0.2, -0.15) is 0 Å². The van der Waals surface area contributed by atoms with Crippen LogP contribution in [0.25, 0.3) is 0 Å². The lowest BCUT2D eigenvalue weighted by Crippen LogP contribution is -2.01. The Morgan fingerprint density at radius 2 is 2.15 bits per heavy atom. The summed E-state index contributed by atoms with van der Waals surface area (Å²) in [6, 6.07) is 5.96. The van der Waals surface area contributed by atoms with Gasteiger partial charge in [0.25, 0.3) is 0 Å². The Labute approximate surface area is 89.0 Å². The highest BCUT2D eigenvalue weighted by atomic mass is 35.5. The minimum absolute atomic E-state index is 0.687. The van der Waals surface area contributed by atoms with Crippen molar-refractivity contribution in [3.05, 3.63) is 28.8 Å². The highest BCUT2D eigenvalue weighted by Crippen LogP contribution is 2.19. The lowest BCUT2D eigenvalue weighted by atomic mass is 10.2. The fraction of sp³-hybridized carbons (Fsp3) is 0.400. The molecule has 0 aliphatic heterocycles. The number of hydrogen-bond donors (Lipinski definition) is 1. The van der Waals surface area contributed by atoms with Crippen LogP contribution >= 0.6 is 23.2 Å². The summed E-state index contributed by atoms with van der Waals surface area (Å²) in [6.07, 6.45) is 0.965. The molecular weight excluding hydrogens is 205 g/mol. The zero-order valence-electron chi connectivity index (χ0n) is 7.61. The third-order valence-electron chi connectivity index (χ3n) is 1.81. The van der Waals surface area contributed by atoms with Crippen molar-refractivity contribution in [1.29, 1.82) is 0 Å². The summed E-state index contributed by atoms with van der Waals surface area (Å²) in [4.78, 5) is 0. The van der Waals surface area contributed by atoms with Crippen molar-refractivity contribution in [3.63, 3.8) is 0 Å². The van der Waals surface area contributed by atoms with Gasteiger partial charge >= 0.3 is 0 Å². The first-order valence-electron chi connectivity index (χ1n) is 4.30. The maximum atomic E-state index is 5.96. The molecule has 1 aromatic carbocycles. The SMILES string of the molecule is Cc1ccc(NCCCCl)cc1Cl. The maximum Gasteiger partial charge on any atom is 0.0455 e.